The van der Waals surface area contributed by atoms with Gasteiger partial charge in [-0.1, -0.05) is 12.1 Å². The summed E-state index contributed by atoms with van der Waals surface area (Å²) in [5.41, 5.74) is 0.871. The highest BCUT2D eigenvalue weighted by atomic mass is 32.2. The fraction of sp³-hybridized carbons (Fsp3) is 0.227. The monoisotopic (exact) mass is 496 g/mol. The van der Waals surface area contributed by atoms with E-state index in [4.69, 9.17) is 9.52 Å². The molecular weight excluding hydrogens is 480 g/mol. The van der Waals surface area contributed by atoms with Crippen molar-refractivity contribution in [2.24, 2.45) is 0 Å². The number of rotatable bonds is 7. The number of carbonyl (C=O) groups is 1. The van der Waals surface area contributed by atoms with Crippen molar-refractivity contribution in [3.8, 4) is 10.6 Å². The van der Waals surface area contributed by atoms with Gasteiger partial charge in [-0.2, -0.15) is 13.2 Å². The smallest absolute Gasteiger partial charge is 0.419 e. The Morgan fingerprint density at radius 3 is 2.70 bits per heavy atom. The number of carboxylic acids is 1. The average Bonchev–Trinajstić information content (AvgIpc) is 3.33. The van der Waals surface area contributed by atoms with Crippen LogP contribution in [0.25, 0.3) is 21.7 Å². The Hall–Kier alpha value is -2.92. The van der Waals surface area contributed by atoms with Crippen LogP contribution in [0, 0.1) is 12.7 Å². The van der Waals surface area contributed by atoms with Crippen molar-refractivity contribution in [1.29, 1.82) is 0 Å². The van der Waals surface area contributed by atoms with E-state index in [2.05, 4.69) is 9.97 Å². The SMILES string of the molecule is Cc1nc(-c2ccc(C(F)(F)F)c(F)c2)sc1CSc1cccc2nc(CCC(=O)O)oc12. The molecule has 5 nitrogen and oxygen atoms in total. The average molecular weight is 497 g/mol. The lowest BCUT2D eigenvalue weighted by Crippen LogP contribution is -2.07. The summed E-state index contributed by atoms with van der Waals surface area (Å²) >= 11 is 2.75. The first-order valence-corrected chi connectivity index (χ1v) is 11.5. The molecule has 0 unspecified atom stereocenters. The fourth-order valence-electron chi connectivity index (χ4n) is 3.11. The van der Waals surface area contributed by atoms with Gasteiger partial charge in [0.25, 0.3) is 0 Å². The first kappa shape index (κ1) is 23.2. The zero-order valence-corrected chi connectivity index (χ0v) is 18.7. The van der Waals surface area contributed by atoms with Gasteiger partial charge in [-0.3, -0.25) is 4.79 Å². The number of para-hydroxylation sites is 1. The number of thioether (sulfide) groups is 1. The molecule has 0 spiro atoms. The van der Waals surface area contributed by atoms with Crippen LogP contribution in [-0.4, -0.2) is 21.0 Å². The van der Waals surface area contributed by atoms with Gasteiger partial charge in [0, 0.05) is 22.6 Å². The Kier molecular flexibility index (Phi) is 6.44. The molecule has 0 aliphatic heterocycles. The molecule has 33 heavy (non-hydrogen) atoms. The molecule has 0 amide bonds. The second-order valence-electron chi connectivity index (χ2n) is 7.11. The number of aryl methyl sites for hydroxylation is 2. The van der Waals surface area contributed by atoms with E-state index in [1.165, 1.54) is 29.2 Å². The van der Waals surface area contributed by atoms with Crippen molar-refractivity contribution in [2.45, 2.75) is 36.6 Å². The predicted molar refractivity (Wildman–Crippen MR) is 117 cm³/mol. The van der Waals surface area contributed by atoms with Crippen molar-refractivity contribution >= 4 is 40.2 Å². The third kappa shape index (κ3) is 5.19. The lowest BCUT2D eigenvalue weighted by Gasteiger charge is -2.08. The summed E-state index contributed by atoms with van der Waals surface area (Å²) in [5, 5.41) is 9.27. The normalized spacial score (nSPS) is 11.9. The number of carboxylic acid groups (broad SMARTS) is 1. The van der Waals surface area contributed by atoms with Gasteiger partial charge < -0.3 is 9.52 Å². The largest absolute Gasteiger partial charge is 0.481 e. The molecule has 0 radical (unpaired) electrons. The standard InChI is InChI=1S/C22H16F4N2O3S2/c1-11-17(33-21(27-11)12-5-6-13(14(23)9-12)22(24,25)26)10-32-16-4-2-3-15-20(16)31-18(28-15)7-8-19(29)30/h2-6,9H,7-8,10H2,1H3,(H,29,30). The van der Waals surface area contributed by atoms with E-state index in [1.807, 2.05) is 12.1 Å². The minimum absolute atomic E-state index is 0.0807. The number of oxazole rings is 1. The molecule has 1 N–H and O–H groups in total. The molecule has 0 aliphatic carbocycles. The first-order chi connectivity index (χ1) is 15.6. The maximum Gasteiger partial charge on any atom is 0.419 e. The Bertz CT molecular complexity index is 1330. The number of nitrogens with zero attached hydrogens (tertiary/aromatic N) is 2. The minimum Gasteiger partial charge on any atom is -0.481 e. The molecule has 4 aromatic rings. The minimum atomic E-state index is -4.75. The van der Waals surface area contributed by atoms with Crippen LogP contribution in [0.1, 0.15) is 28.4 Å². The number of thiazole rings is 1. The van der Waals surface area contributed by atoms with E-state index in [1.54, 1.807) is 13.0 Å². The van der Waals surface area contributed by atoms with Crippen LogP contribution >= 0.6 is 23.1 Å². The van der Waals surface area contributed by atoms with E-state index < -0.39 is 23.5 Å². The van der Waals surface area contributed by atoms with E-state index in [9.17, 15) is 22.4 Å². The zero-order valence-electron chi connectivity index (χ0n) is 17.1. The van der Waals surface area contributed by atoms with Crippen LogP contribution in [0.4, 0.5) is 17.6 Å². The molecule has 2 heterocycles. The summed E-state index contributed by atoms with van der Waals surface area (Å²) in [6, 6.07) is 8.26. The quantitative estimate of drug-likeness (QED) is 0.226. The number of alkyl halides is 3. The highest BCUT2D eigenvalue weighted by Crippen LogP contribution is 2.37. The molecule has 0 saturated carbocycles. The number of aliphatic carboxylic acids is 1. The van der Waals surface area contributed by atoms with Crippen LogP contribution < -0.4 is 0 Å². The zero-order chi connectivity index (χ0) is 23.8. The van der Waals surface area contributed by atoms with Crippen molar-refractivity contribution < 1.29 is 31.9 Å². The Morgan fingerprint density at radius 1 is 1.21 bits per heavy atom. The number of hydrogen-bond acceptors (Lipinski definition) is 6. The number of halogens is 4. The molecule has 11 heteroatoms. The summed E-state index contributed by atoms with van der Waals surface area (Å²) < 4.78 is 58.1. The second kappa shape index (κ2) is 9.14. The molecular formula is C22H16F4N2O3S2. The van der Waals surface area contributed by atoms with Crippen molar-refractivity contribution in [3.05, 3.63) is 64.2 Å². The Morgan fingerprint density at radius 2 is 2.00 bits per heavy atom. The van der Waals surface area contributed by atoms with E-state index in [0.717, 1.165) is 21.9 Å². The summed E-state index contributed by atoms with van der Waals surface area (Å²) in [5.74, 6) is -1.41. The molecule has 0 saturated heterocycles. The van der Waals surface area contributed by atoms with E-state index in [-0.39, 0.29) is 18.4 Å². The maximum atomic E-state index is 14.0. The second-order valence-corrected chi connectivity index (χ2v) is 9.22. The molecule has 2 aromatic heterocycles. The van der Waals surface area contributed by atoms with Crippen LogP contribution in [0.15, 0.2) is 45.7 Å². The number of aromatic nitrogens is 2. The summed E-state index contributed by atoms with van der Waals surface area (Å²) in [4.78, 5) is 21.2. The highest BCUT2D eigenvalue weighted by Gasteiger charge is 2.34. The Balaban J connectivity index is 1.53. The van der Waals surface area contributed by atoms with Crippen LogP contribution in [0.2, 0.25) is 0 Å². The van der Waals surface area contributed by atoms with Gasteiger partial charge in [0.2, 0.25) is 0 Å². The first-order valence-electron chi connectivity index (χ1n) is 9.68. The van der Waals surface area contributed by atoms with Gasteiger partial charge in [0.15, 0.2) is 11.5 Å². The fourth-order valence-corrected chi connectivity index (χ4v) is 5.33. The number of benzene rings is 2. The molecule has 0 fully saturated rings. The van der Waals surface area contributed by atoms with Gasteiger partial charge >= 0.3 is 12.1 Å². The van der Waals surface area contributed by atoms with Gasteiger partial charge in [0.1, 0.15) is 16.3 Å². The molecule has 0 aliphatic rings. The third-order valence-electron chi connectivity index (χ3n) is 4.75. The molecule has 172 valence electrons. The van der Waals surface area contributed by atoms with Crippen LogP contribution in [0.5, 0.6) is 0 Å². The van der Waals surface area contributed by atoms with E-state index in [0.29, 0.717) is 33.4 Å². The molecule has 2 aromatic carbocycles. The summed E-state index contributed by atoms with van der Waals surface area (Å²) in [6.07, 6.45) is -4.64. The Labute approximate surface area is 193 Å². The van der Waals surface area contributed by atoms with Gasteiger partial charge in [0.05, 0.1) is 22.6 Å². The van der Waals surface area contributed by atoms with Gasteiger partial charge in [-0.05, 0) is 31.2 Å². The number of fused-ring (bicyclic) bond motifs is 1. The van der Waals surface area contributed by atoms with Crippen LogP contribution in [-0.2, 0) is 23.1 Å². The lowest BCUT2D eigenvalue weighted by molar-refractivity contribution is -0.140. The maximum absolute atomic E-state index is 14.0. The van der Waals surface area contributed by atoms with Gasteiger partial charge in [-0.15, -0.1) is 23.1 Å². The van der Waals surface area contributed by atoms with Crippen molar-refractivity contribution in [3.63, 3.8) is 0 Å². The lowest BCUT2D eigenvalue weighted by atomic mass is 10.1. The molecule has 0 bridgehead atoms. The predicted octanol–water partition coefficient (Wildman–Crippen LogP) is 6.73. The summed E-state index contributed by atoms with van der Waals surface area (Å²) in [6.45, 7) is 1.79. The van der Waals surface area contributed by atoms with Crippen molar-refractivity contribution in [1.82, 2.24) is 9.97 Å². The van der Waals surface area contributed by atoms with Crippen molar-refractivity contribution in [2.75, 3.05) is 0 Å². The number of hydrogen-bond donors (Lipinski definition) is 1. The molecule has 4 rings (SSSR count). The van der Waals surface area contributed by atoms with Gasteiger partial charge in [-0.25, -0.2) is 14.4 Å². The topological polar surface area (TPSA) is 76.2 Å². The highest BCUT2D eigenvalue weighted by molar-refractivity contribution is 7.98. The van der Waals surface area contributed by atoms with Crippen LogP contribution in [0.3, 0.4) is 0 Å². The van der Waals surface area contributed by atoms with E-state index >= 15 is 0 Å². The summed E-state index contributed by atoms with van der Waals surface area (Å²) in [7, 11) is 0. The molecule has 0 atom stereocenters. The third-order valence-corrected chi connectivity index (χ3v) is 7.20.